The normalized spacial score (nSPS) is 18.5. The van der Waals surface area contributed by atoms with Crippen LogP contribution < -0.4 is 25.8 Å². The molecule has 4 N–H and O–H groups in total. The molecular formula is C24H19F3N4O4. The third-order valence-electron chi connectivity index (χ3n) is 5.76. The number of fused-ring (bicyclic) bond motifs is 4. The Morgan fingerprint density at radius 2 is 1.91 bits per heavy atom. The number of nitrogens with two attached hydrogens (primary N) is 1. The lowest BCUT2D eigenvalue weighted by molar-refractivity contribution is -0.116. The summed E-state index contributed by atoms with van der Waals surface area (Å²) in [5.41, 5.74) is 6.36. The number of ether oxygens (including phenoxy) is 2. The summed E-state index contributed by atoms with van der Waals surface area (Å²) in [4.78, 5) is 25.9. The Hall–Kier alpha value is -4.28. The third kappa shape index (κ3) is 4.70. The van der Waals surface area contributed by atoms with E-state index in [0.29, 0.717) is 42.8 Å². The number of carbonyl (C=O) groups excluding carboxylic acids is 2. The molecule has 3 heterocycles. The van der Waals surface area contributed by atoms with Crippen molar-refractivity contribution in [1.82, 2.24) is 4.98 Å². The molecule has 0 radical (unpaired) electrons. The maximum Gasteiger partial charge on any atom is 0.316 e. The fourth-order valence-electron chi connectivity index (χ4n) is 4.01. The van der Waals surface area contributed by atoms with Crippen LogP contribution in [-0.4, -0.2) is 23.0 Å². The summed E-state index contributed by atoms with van der Waals surface area (Å²) in [5.74, 6) is 0.0423. The van der Waals surface area contributed by atoms with Crippen molar-refractivity contribution in [2.24, 2.45) is 5.73 Å². The van der Waals surface area contributed by atoms with Crippen molar-refractivity contribution < 1.29 is 32.2 Å². The number of pyridine rings is 1. The predicted octanol–water partition coefficient (Wildman–Crippen LogP) is 4.60. The molecular weight excluding hydrogens is 465 g/mol. The first-order valence-electron chi connectivity index (χ1n) is 10.8. The highest BCUT2D eigenvalue weighted by Crippen LogP contribution is 2.54. The molecule has 11 heteroatoms. The average molecular weight is 484 g/mol. The summed E-state index contributed by atoms with van der Waals surface area (Å²) >= 11 is 0. The van der Waals surface area contributed by atoms with Gasteiger partial charge in [0.25, 0.3) is 0 Å². The van der Waals surface area contributed by atoms with Gasteiger partial charge < -0.3 is 25.8 Å². The van der Waals surface area contributed by atoms with E-state index in [9.17, 15) is 22.8 Å². The second-order valence-corrected chi connectivity index (χ2v) is 8.22. The summed E-state index contributed by atoms with van der Waals surface area (Å²) in [6.07, 6.45) is 4.29. The largest absolute Gasteiger partial charge is 0.489 e. The molecule has 0 bridgehead atoms. The van der Waals surface area contributed by atoms with E-state index in [2.05, 4.69) is 22.1 Å². The molecule has 0 saturated heterocycles. The molecule has 35 heavy (non-hydrogen) atoms. The number of benzene rings is 2. The Labute approximate surface area is 197 Å². The van der Waals surface area contributed by atoms with E-state index in [0.717, 1.165) is 29.2 Å². The molecule has 0 spiro atoms. The van der Waals surface area contributed by atoms with Gasteiger partial charge in [0.1, 0.15) is 35.0 Å². The lowest BCUT2D eigenvalue weighted by Gasteiger charge is -2.19. The number of aromatic nitrogens is 1. The van der Waals surface area contributed by atoms with Crippen LogP contribution in [0.15, 0.2) is 42.6 Å². The van der Waals surface area contributed by atoms with E-state index in [1.165, 1.54) is 5.56 Å². The number of urea groups is 1. The average Bonchev–Trinajstić information content (AvgIpc) is 3.49. The second kappa shape index (κ2) is 8.82. The SMILES string of the molecule is NC(=O)Nc1cc(F)c(F)cc1F.O=C1CCc2c(Oc3ccc4c(c3)[C@H]3C[C@H]3O4)ccnc2N1. The minimum Gasteiger partial charge on any atom is -0.489 e. The van der Waals surface area contributed by atoms with E-state index < -0.39 is 29.2 Å². The highest BCUT2D eigenvalue weighted by Gasteiger charge is 2.48. The van der Waals surface area contributed by atoms with Crippen molar-refractivity contribution >= 4 is 23.4 Å². The minimum absolute atomic E-state index is 0.00612. The molecule has 6 rings (SSSR count). The zero-order valence-electron chi connectivity index (χ0n) is 18.1. The van der Waals surface area contributed by atoms with Gasteiger partial charge in [0.15, 0.2) is 11.6 Å². The van der Waals surface area contributed by atoms with Gasteiger partial charge in [0, 0.05) is 41.8 Å². The van der Waals surface area contributed by atoms with Crippen LogP contribution >= 0.6 is 0 Å². The van der Waals surface area contributed by atoms with Crippen molar-refractivity contribution in [2.75, 3.05) is 10.6 Å². The molecule has 2 aromatic carbocycles. The first-order valence-corrected chi connectivity index (χ1v) is 10.8. The molecule has 1 fully saturated rings. The summed E-state index contributed by atoms with van der Waals surface area (Å²) in [7, 11) is 0. The maximum absolute atomic E-state index is 12.7. The molecule has 180 valence electrons. The van der Waals surface area contributed by atoms with Crippen LogP contribution in [0.5, 0.6) is 17.2 Å². The predicted molar refractivity (Wildman–Crippen MR) is 119 cm³/mol. The molecule has 2 aliphatic heterocycles. The zero-order valence-corrected chi connectivity index (χ0v) is 18.1. The Morgan fingerprint density at radius 3 is 2.71 bits per heavy atom. The fourth-order valence-corrected chi connectivity index (χ4v) is 4.01. The van der Waals surface area contributed by atoms with Gasteiger partial charge in [-0.15, -0.1) is 0 Å². The van der Waals surface area contributed by atoms with Crippen LogP contribution in [0.1, 0.15) is 29.9 Å². The second-order valence-electron chi connectivity index (χ2n) is 8.22. The molecule has 1 aliphatic carbocycles. The lowest BCUT2D eigenvalue weighted by Crippen LogP contribution is -2.20. The van der Waals surface area contributed by atoms with Gasteiger partial charge >= 0.3 is 6.03 Å². The van der Waals surface area contributed by atoms with Crippen LogP contribution in [0.25, 0.3) is 0 Å². The van der Waals surface area contributed by atoms with Crippen molar-refractivity contribution in [3.63, 3.8) is 0 Å². The monoisotopic (exact) mass is 484 g/mol. The Morgan fingerprint density at radius 1 is 1.11 bits per heavy atom. The van der Waals surface area contributed by atoms with E-state index in [4.69, 9.17) is 9.47 Å². The summed E-state index contributed by atoms with van der Waals surface area (Å²) < 4.78 is 49.4. The number of rotatable bonds is 3. The van der Waals surface area contributed by atoms with E-state index in [1.54, 1.807) is 11.5 Å². The zero-order chi connectivity index (χ0) is 24.7. The van der Waals surface area contributed by atoms with Crippen molar-refractivity contribution in [3.05, 3.63) is 71.2 Å². The summed E-state index contributed by atoms with van der Waals surface area (Å²) in [5, 5.41) is 4.59. The number of hydrogen-bond acceptors (Lipinski definition) is 5. The molecule has 0 unspecified atom stereocenters. The molecule has 1 aromatic heterocycles. The van der Waals surface area contributed by atoms with E-state index in [1.807, 2.05) is 18.2 Å². The smallest absolute Gasteiger partial charge is 0.316 e. The van der Waals surface area contributed by atoms with E-state index >= 15 is 0 Å². The topological polar surface area (TPSA) is 116 Å². The standard InChI is InChI=1S/C17H14N2O3.C7H5F3N2O/c20-16-4-2-10-14(5-6-18-17(10)19-16)21-9-1-3-13-11(7-9)12-8-15(12)22-13;8-3-1-5(10)6(2-4(3)9)12-7(11)13/h1,3,5-7,12,15H,2,4,8H2,(H,18,19,20);1-2H,(H3,11,12,13)/t12-,15-;/m1./s1. The molecule has 2 atom stereocenters. The van der Waals surface area contributed by atoms with Crippen molar-refractivity contribution in [3.8, 4) is 17.2 Å². The van der Waals surface area contributed by atoms with Gasteiger partial charge in [0.2, 0.25) is 5.91 Å². The minimum atomic E-state index is -1.33. The summed E-state index contributed by atoms with van der Waals surface area (Å²) in [6.45, 7) is 0. The number of hydrogen-bond donors (Lipinski definition) is 3. The van der Waals surface area contributed by atoms with Crippen LogP contribution in [0, 0.1) is 17.5 Å². The van der Waals surface area contributed by atoms with E-state index in [-0.39, 0.29) is 5.91 Å². The van der Waals surface area contributed by atoms with Gasteiger partial charge in [0.05, 0.1) is 5.69 Å². The molecule has 3 aliphatic rings. The Bertz CT molecular complexity index is 1350. The quantitative estimate of drug-likeness (QED) is 0.470. The first-order chi connectivity index (χ1) is 16.8. The van der Waals surface area contributed by atoms with Gasteiger partial charge in [-0.3, -0.25) is 4.79 Å². The number of nitrogens with one attached hydrogen (secondary N) is 2. The van der Waals surface area contributed by atoms with Crippen LogP contribution in [0.4, 0.5) is 29.5 Å². The van der Waals surface area contributed by atoms with Gasteiger partial charge in [-0.2, -0.15) is 0 Å². The van der Waals surface area contributed by atoms with Gasteiger partial charge in [-0.1, -0.05) is 0 Å². The number of amides is 3. The Balaban J connectivity index is 0.000000168. The lowest BCUT2D eigenvalue weighted by atomic mass is 10.1. The number of nitrogens with zero attached hydrogens (tertiary/aromatic N) is 1. The Kier molecular flexibility index (Phi) is 5.67. The maximum atomic E-state index is 12.7. The highest BCUT2D eigenvalue weighted by atomic mass is 19.2. The number of anilines is 2. The molecule has 1 saturated carbocycles. The molecule has 3 amide bonds. The highest BCUT2D eigenvalue weighted by molar-refractivity contribution is 5.93. The number of halogens is 3. The molecule has 8 nitrogen and oxygen atoms in total. The first kappa shape index (κ1) is 22.5. The van der Waals surface area contributed by atoms with Crippen LogP contribution in [-0.2, 0) is 11.2 Å². The van der Waals surface area contributed by atoms with Crippen LogP contribution in [0.3, 0.4) is 0 Å². The van der Waals surface area contributed by atoms with Crippen molar-refractivity contribution in [1.29, 1.82) is 0 Å². The van der Waals surface area contributed by atoms with Gasteiger partial charge in [-0.05, 0) is 37.1 Å². The number of primary amides is 1. The third-order valence-corrected chi connectivity index (χ3v) is 5.76. The molecule has 3 aromatic rings. The fraction of sp³-hybridized carbons (Fsp3) is 0.208. The van der Waals surface area contributed by atoms with Crippen molar-refractivity contribution in [2.45, 2.75) is 31.3 Å². The van der Waals surface area contributed by atoms with Crippen LogP contribution in [0.2, 0.25) is 0 Å². The number of carbonyl (C=O) groups is 2. The summed E-state index contributed by atoms with van der Waals surface area (Å²) in [6, 6.07) is 7.60. The van der Waals surface area contributed by atoms with Gasteiger partial charge in [-0.25, -0.2) is 22.9 Å².